The molecule has 2 N–H and O–H groups in total. The van der Waals surface area contributed by atoms with Crippen LogP contribution in [0.1, 0.15) is 56.2 Å². The predicted molar refractivity (Wildman–Crippen MR) is 119 cm³/mol. The molecule has 1 aromatic heterocycles. The molecule has 1 heterocycles. The summed E-state index contributed by atoms with van der Waals surface area (Å²) < 4.78 is 5.90. The molecule has 1 aliphatic carbocycles. The van der Waals surface area contributed by atoms with Crippen LogP contribution < -0.4 is 10.7 Å². The molecule has 0 atom stereocenters. The second-order valence-electron chi connectivity index (χ2n) is 7.35. The number of nitrogens with zero attached hydrogens (tertiary/aromatic N) is 1. The number of hydrogen-bond acceptors (Lipinski definition) is 4. The highest BCUT2D eigenvalue weighted by Gasteiger charge is 2.28. The number of carbonyl (C=O) groups is 2. The standard InChI is InChI=1S/C24H22ClN3O3/c1-15-21-19(27-28-23(29)16-8-3-2-4-9-16)12-7-13-20(21)31-22(15)24(30)26-14-17-10-5-6-11-18(17)25/h2-6,8-11H,7,12-14H2,1H3,(H,26,30)(H,28,29)/b27-19+. The van der Waals surface area contributed by atoms with E-state index in [0.29, 0.717) is 23.6 Å². The van der Waals surface area contributed by atoms with Gasteiger partial charge in [-0.3, -0.25) is 9.59 Å². The molecule has 1 aliphatic rings. The summed E-state index contributed by atoms with van der Waals surface area (Å²) in [5.74, 6) is 0.402. The van der Waals surface area contributed by atoms with Gasteiger partial charge >= 0.3 is 0 Å². The second-order valence-corrected chi connectivity index (χ2v) is 7.75. The molecule has 4 rings (SSSR count). The van der Waals surface area contributed by atoms with Crippen molar-refractivity contribution in [2.75, 3.05) is 0 Å². The van der Waals surface area contributed by atoms with Crippen molar-refractivity contribution in [1.82, 2.24) is 10.7 Å². The van der Waals surface area contributed by atoms with Gasteiger partial charge in [-0.1, -0.05) is 48.0 Å². The van der Waals surface area contributed by atoms with E-state index in [2.05, 4.69) is 15.8 Å². The minimum atomic E-state index is -0.306. The number of benzene rings is 2. The highest BCUT2D eigenvalue weighted by molar-refractivity contribution is 6.31. The van der Waals surface area contributed by atoms with Crippen molar-refractivity contribution in [3.8, 4) is 0 Å². The Morgan fingerprint density at radius 2 is 1.77 bits per heavy atom. The van der Waals surface area contributed by atoms with Crippen LogP contribution in [0.25, 0.3) is 0 Å². The lowest BCUT2D eigenvalue weighted by atomic mass is 9.93. The van der Waals surface area contributed by atoms with Gasteiger partial charge in [-0.2, -0.15) is 5.10 Å². The maximum Gasteiger partial charge on any atom is 0.287 e. The summed E-state index contributed by atoms with van der Waals surface area (Å²) in [6.07, 6.45) is 2.25. The quantitative estimate of drug-likeness (QED) is 0.572. The van der Waals surface area contributed by atoms with E-state index < -0.39 is 0 Å². The third-order valence-corrected chi connectivity index (χ3v) is 5.63. The van der Waals surface area contributed by atoms with E-state index >= 15 is 0 Å². The number of carbonyl (C=O) groups excluding carboxylic acids is 2. The highest BCUT2D eigenvalue weighted by Crippen LogP contribution is 2.30. The van der Waals surface area contributed by atoms with Crippen molar-refractivity contribution in [2.24, 2.45) is 5.10 Å². The maximum absolute atomic E-state index is 12.8. The molecule has 0 spiro atoms. The Kier molecular flexibility index (Phi) is 6.18. The van der Waals surface area contributed by atoms with Gasteiger partial charge < -0.3 is 9.73 Å². The van der Waals surface area contributed by atoms with Crippen LogP contribution in [0, 0.1) is 6.92 Å². The third kappa shape index (κ3) is 4.54. The van der Waals surface area contributed by atoms with E-state index in [0.717, 1.165) is 41.0 Å². The first-order chi connectivity index (χ1) is 15.0. The Morgan fingerprint density at radius 3 is 2.55 bits per heavy atom. The topological polar surface area (TPSA) is 83.7 Å². The molecular formula is C24H22ClN3O3. The van der Waals surface area contributed by atoms with Gasteiger partial charge in [0, 0.05) is 34.7 Å². The number of rotatable bonds is 5. The summed E-state index contributed by atoms with van der Waals surface area (Å²) in [5.41, 5.74) is 6.23. The highest BCUT2D eigenvalue weighted by atomic mass is 35.5. The molecular weight excluding hydrogens is 414 g/mol. The first kappa shape index (κ1) is 20.9. The number of halogens is 1. The summed E-state index contributed by atoms with van der Waals surface area (Å²) in [7, 11) is 0. The van der Waals surface area contributed by atoms with E-state index in [1.807, 2.05) is 31.2 Å². The molecule has 0 bridgehead atoms. The van der Waals surface area contributed by atoms with Crippen LogP contribution in [0.5, 0.6) is 0 Å². The summed E-state index contributed by atoms with van der Waals surface area (Å²) in [6, 6.07) is 16.3. The molecule has 2 aromatic carbocycles. The molecule has 7 heteroatoms. The van der Waals surface area contributed by atoms with Gasteiger partial charge in [0.05, 0.1) is 5.71 Å². The molecule has 2 amide bonds. The number of furan rings is 1. The minimum Gasteiger partial charge on any atom is -0.455 e. The zero-order valence-electron chi connectivity index (χ0n) is 17.1. The molecule has 0 aliphatic heterocycles. The van der Waals surface area contributed by atoms with E-state index in [9.17, 15) is 9.59 Å². The molecule has 31 heavy (non-hydrogen) atoms. The van der Waals surface area contributed by atoms with Crippen LogP contribution in [-0.2, 0) is 13.0 Å². The van der Waals surface area contributed by atoms with Crippen LogP contribution in [0.4, 0.5) is 0 Å². The molecule has 0 saturated carbocycles. The van der Waals surface area contributed by atoms with Crippen LogP contribution >= 0.6 is 11.6 Å². The SMILES string of the molecule is Cc1c(C(=O)NCc2ccccc2Cl)oc2c1/C(=N/NC(=O)c1ccccc1)CCC2. The average molecular weight is 436 g/mol. The van der Waals surface area contributed by atoms with Crippen molar-refractivity contribution in [1.29, 1.82) is 0 Å². The van der Waals surface area contributed by atoms with E-state index in [1.54, 1.807) is 30.3 Å². The van der Waals surface area contributed by atoms with Crippen molar-refractivity contribution < 1.29 is 14.0 Å². The first-order valence-electron chi connectivity index (χ1n) is 10.1. The fourth-order valence-corrected chi connectivity index (χ4v) is 3.87. The van der Waals surface area contributed by atoms with E-state index in [1.165, 1.54) is 0 Å². The van der Waals surface area contributed by atoms with Gasteiger partial charge in [0.1, 0.15) is 5.76 Å². The van der Waals surface area contributed by atoms with Gasteiger partial charge in [0.15, 0.2) is 5.76 Å². The predicted octanol–water partition coefficient (Wildman–Crippen LogP) is 4.64. The summed E-state index contributed by atoms with van der Waals surface area (Å²) in [6.45, 7) is 2.14. The lowest BCUT2D eigenvalue weighted by molar-refractivity contribution is 0.0919. The van der Waals surface area contributed by atoms with Gasteiger partial charge in [-0.15, -0.1) is 0 Å². The Bertz CT molecular complexity index is 1150. The molecule has 3 aromatic rings. The van der Waals surface area contributed by atoms with Gasteiger partial charge in [0.2, 0.25) is 0 Å². The molecule has 0 fully saturated rings. The molecule has 158 valence electrons. The largest absolute Gasteiger partial charge is 0.455 e. The minimum absolute atomic E-state index is 0.265. The fourth-order valence-electron chi connectivity index (χ4n) is 3.67. The fraction of sp³-hybridized carbons (Fsp3) is 0.208. The maximum atomic E-state index is 12.8. The molecule has 6 nitrogen and oxygen atoms in total. The number of hydrazone groups is 1. The number of aryl methyl sites for hydroxylation is 1. The van der Waals surface area contributed by atoms with Crippen molar-refractivity contribution in [3.05, 3.63) is 93.4 Å². The Labute approximate surface area is 185 Å². The molecule has 0 unspecified atom stereocenters. The molecule has 0 radical (unpaired) electrons. The molecule has 0 saturated heterocycles. The average Bonchev–Trinajstić information content (AvgIpc) is 3.14. The number of nitrogens with one attached hydrogen (secondary N) is 2. The summed E-state index contributed by atoms with van der Waals surface area (Å²) in [4.78, 5) is 25.1. The van der Waals surface area contributed by atoms with Crippen LogP contribution in [0.15, 0.2) is 64.1 Å². The summed E-state index contributed by atoms with van der Waals surface area (Å²) >= 11 is 6.17. The number of fused-ring (bicyclic) bond motifs is 1. The Hall–Kier alpha value is -3.38. The smallest absolute Gasteiger partial charge is 0.287 e. The summed E-state index contributed by atoms with van der Waals surface area (Å²) in [5, 5.41) is 7.81. The Morgan fingerprint density at radius 1 is 1.03 bits per heavy atom. The van der Waals surface area contributed by atoms with Crippen molar-refractivity contribution in [2.45, 2.75) is 32.7 Å². The normalized spacial score (nSPS) is 14.2. The van der Waals surface area contributed by atoms with Crippen molar-refractivity contribution in [3.63, 3.8) is 0 Å². The number of amides is 2. The van der Waals surface area contributed by atoms with Gasteiger partial charge in [-0.05, 0) is 43.5 Å². The third-order valence-electron chi connectivity index (χ3n) is 5.26. The first-order valence-corrected chi connectivity index (χ1v) is 10.5. The Balaban J connectivity index is 1.52. The zero-order chi connectivity index (χ0) is 21.8. The van der Waals surface area contributed by atoms with Crippen LogP contribution in [-0.4, -0.2) is 17.5 Å². The lowest BCUT2D eigenvalue weighted by Gasteiger charge is -2.13. The number of hydrogen-bond donors (Lipinski definition) is 2. The van der Waals surface area contributed by atoms with E-state index in [4.69, 9.17) is 16.0 Å². The zero-order valence-corrected chi connectivity index (χ0v) is 17.8. The van der Waals surface area contributed by atoms with E-state index in [-0.39, 0.29) is 17.6 Å². The van der Waals surface area contributed by atoms with Gasteiger partial charge in [-0.25, -0.2) is 5.43 Å². The van der Waals surface area contributed by atoms with Gasteiger partial charge in [0.25, 0.3) is 11.8 Å². The lowest BCUT2D eigenvalue weighted by Crippen LogP contribution is -2.23. The van der Waals surface area contributed by atoms with Crippen molar-refractivity contribution >= 4 is 29.1 Å². The second kappa shape index (κ2) is 9.18. The monoisotopic (exact) mass is 435 g/mol. The van der Waals surface area contributed by atoms with Crippen LogP contribution in [0.2, 0.25) is 5.02 Å². The van der Waals surface area contributed by atoms with Crippen LogP contribution in [0.3, 0.4) is 0 Å².